The van der Waals surface area contributed by atoms with Gasteiger partial charge in [0, 0.05) is 36.3 Å². The molecule has 4 atom stereocenters. The Morgan fingerprint density at radius 2 is 1.62 bits per heavy atom. The number of esters is 1. The van der Waals surface area contributed by atoms with Gasteiger partial charge in [-0.25, -0.2) is 18.7 Å². The van der Waals surface area contributed by atoms with Crippen molar-refractivity contribution >= 4 is 72.9 Å². The third kappa shape index (κ3) is 15.6. The second-order valence-electron chi connectivity index (χ2n) is 14.2. The summed E-state index contributed by atoms with van der Waals surface area (Å²) >= 11 is 0. The van der Waals surface area contributed by atoms with E-state index in [2.05, 4.69) is 16.0 Å². The number of allylic oxidation sites excluding steroid dienone is 2. The van der Waals surface area contributed by atoms with Crippen LogP contribution in [0.3, 0.4) is 0 Å². The third-order valence-electron chi connectivity index (χ3n) is 8.93. The van der Waals surface area contributed by atoms with Crippen LogP contribution >= 0.6 is 21.6 Å². The van der Waals surface area contributed by atoms with Crippen molar-refractivity contribution in [2.24, 2.45) is 17.8 Å². The Bertz CT molecular complexity index is 1950. The average Bonchev–Trinajstić information content (AvgIpc) is 3.18. The van der Waals surface area contributed by atoms with Gasteiger partial charge < -0.3 is 20.7 Å². The van der Waals surface area contributed by atoms with E-state index >= 15 is 0 Å². The number of nitrogens with one attached hydrogen (secondary N) is 4. The molecule has 4 rings (SSSR count). The first-order valence-electron chi connectivity index (χ1n) is 18.7. The maximum Gasteiger partial charge on any atom is 0.329 e. The number of benzene rings is 2. The van der Waals surface area contributed by atoms with Crippen molar-refractivity contribution in [3.8, 4) is 0 Å². The number of sulfone groups is 1. The monoisotopic (exact) mass is 856 g/mol. The number of fused-ring (bicyclic) bond motifs is 7. The topological polar surface area (TPSA) is 214 Å². The molecule has 4 amide bonds. The largest absolute Gasteiger partial charge is 0.456 e. The zero-order valence-electron chi connectivity index (χ0n) is 33.1. The van der Waals surface area contributed by atoms with Crippen LogP contribution in [-0.2, 0) is 49.1 Å². The SMILES string of the molecule is C/C=C1\NC(=O)[C@H]2CSSCC/C=C/[C@H](CC(=O)C[C@H](C(C)C)C(=O)N2)OC(=O)[C@H](C(C)C)NC1=O.O=C(/C=C/c1ccc(S(=O)(=O)Cc2ccccc2)cc1)NO. The van der Waals surface area contributed by atoms with Crippen molar-refractivity contribution in [2.45, 2.75) is 82.7 Å². The fraction of sp³-hybridized carbons (Fsp3) is 0.415. The summed E-state index contributed by atoms with van der Waals surface area (Å²) in [6.45, 7) is 8.82. The number of hydrogen-bond acceptors (Lipinski definition) is 12. The van der Waals surface area contributed by atoms with E-state index in [1.54, 1.807) is 74.0 Å². The lowest BCUT2D eigenvalue weighted by Gasteiger charge is -2.27. The Hall–Kier alpha value is -4.71. The molecule has 1 saturated heterocycles. The normalized spacial score (nSPS) is 22.9. The predicted octanol–water partition coefficient (Wildman–Crippen LogP) is 4.70. The molecular weight excluding hydrogens is 805 g/mol. The molecule has 2 aliphatic heterocycles. The number of rotatable bonds is 7. The number of hydroxylamine groups is 1. The van der Waals surface area contributed by atoms with Crippen molar-refractivity contribution < 1.29 is 47.1 Å². The number of amides is 4. The van der Waals surface area contributed by atoms with E-state index in [1.165, 1.54) is 40.6 Å². The van der Waals surface area contributed by atoms with Crippen LogP contribution in [0.2, 0.25) is 0 Å². The molecule has 17 heteroatoms. The lowest BCUT2D eigenvalue weighted by molar-refractivity contribution is -0.153. The lowest BCUT2D eigenvalue weighted by atomic mass is 9.88. The quantitative estimate of drug-likeness (QED) is 0.0641. The number of ether oxygens (including phenoxy) is 1. The van der Waals surface area contributed by atoms with Gasteiger partial charge in [0.1, 0.15) is 29.7 Å². The smallest absolute Gasteiger partial charge is 0.329 e. The van der Waals surface area contributed by atoms with Gasteiger partial charge in [-0.1, -0.05) is 104 Å². The van der Waals surface area contributed by atoms with Crippen molar-refractivity contribution in [3.63, 3.8) is 0 Å². The van der Waals surface area contributed by atoms with Gasteiger partial charge in [-0.3, -0.25) is 29.2 Å². The van der Waals surface area contributed by atoms with Crippen LogP contribution in [-0.4, -0.2) is 78.7 Å². The van der Waals surface area contributed by atoms with Crippen molar-refractivity contribution in [1.82, 2.24) is 21.4 Å². The third-order valence-corrected chi connectivity index (χ3v) is 13.1. The molecular formula is C41H52N4O10S3. The molecule has 14 nitrogen and oxygen atoms in total. The Kier molecular flexibility index (Phi) is 19.4. The van der Waals surface area contributed by atoms with E-state index in [1.807, 2.05) is 26.0 Å². The Balaban J connectivity index is 0.000000348. The summed E-state index contributed by atoms with van der Waals surface area (Å²) in [5, 5.41) is 16.4. The maximum absolute atomic E-state index is 13.2. The highest BCUT2D eigenvalue weighted by Gasteiger charge is 2.34. The van der Waals surface area contributed by atoms with E-state index in [0.717, 1.165) is 17.4 Å². The van der Waals surface area contributed by atoms with E-state index in [9.17, 15) is 37.2 Å². The molecule has 0 radical (unpaired) electrons. The molecule has 2 heterocycles. The highest BCUT2D eigenvalue weighted by Crippen LogP contribution is 2.25. The van der Waals surface area contributed by atoms with Gasteiger partial charge in [-0.2, -0.15) is 0 Å². The zero-order chi connectivity index (χ0) is 42.8. The van der Waals surface area contributed by atoms with E-state index < -0.39 is 63.5 Å². The number of carbonyl (C=O) groups is 6. The van der Waals surface area contributed by atoms with Crippen LogP contribution < -0.4 is 21.4 Å². The molecule has 2 aliphatic rings. The van der Waals surface area contributed by atoms with E-state index in [0.29, 0.717) is 12.0 Å². The van der Waals surface area contributed by atoms with E-state index in [4.69, 9.17) is 9.94 Å². The molecule has 0 aromatic heterocycles. The number of Topliss-reactive ketones (excluding diaryl/α,β-unsaturated/α-hetero) is 1. The Labute approximate surface area is 347 Å². The van der Waals surface area contributed by atoms with Gasteiger partial charge in [0.2, 0.25) is 11.8 Å². The molecule has 0 aliphatic carbocycles. The minimum absolute atomic E-state index is 0.0289. The molecule has 1 fully saturated rings. The fourth-order valence-electron chi connectivity index (χ4n) is 5.63. The van der Waals surface area contributed by atoms with Crippen LogP contribution in [0.25, 0.3) is 6.08 Å². The highest BCUT2D eigenvalue weighted by molar-refractivity contribution is 8.76. The Morgan fingerprint density at radius 1 is 0.931 bits per heavy atom. The van der Waals surface area contributed by atoms with Gasteiger partial charge in [-0.15, -0.1) is 0 Å². The zero-order valence-corrected chi connectivity index (χ0v) is 35.6. The summed E-state index contributed by atoms with van der Waals surface area (Å²) in [5.41, 5.74) is 2.83. The first kappa shape index (κ1) is 47.7. The van der Waals surface area contributed by atoms with E-state index in [-0.39, 0.29) is 52.6 Å². The standard InChI is InChI=1S/C25H37N3O6S2.C16H15NO4S/c1-6-19-23(31)28-21(15(4)5)25(33)34-17-9-7-8-10-35-36-13-20(24(32)26-19)27-22(30)18(14(2)3)12-16(29)11-17;18-16(17-19)11-8-13-6-9-15(10-7-13)22(20,21)12-14-4-2-1-3-5-14/h6-7,9,14-15,17-18,20-21H,8,10-13H2,1-5H3,(H,26,32)(H,27,30)(H,28,31);1-11,19H,12H2,(H,17,18)/b9-7+,19-6-;11-8+/t17-,18-,20-,21+;/m1./s1. The summed E-state index contributed by atoms with van der Waals surface area (Å²) in [4.78, 5) is 76.5. The Morgan fingerprint density at radius 3 is 2.24 bits per heavy atom. The highest BCUT2D eigenvalue weighted by atomic mass is 33.1. The maximum atomic E-state index is 13.2. The summed E-state index contributed by atoms with van der Waals surface area (Å²) in [7, 11) is -0.425. The van der Waals surface area contributed by atoms with Gasteiger partial charge >= 0.3 is 5.97 Å². The lowest BCUT2D eigenvalue weighted by Crippen LogP contribution is -2.53. The second-order valence-corrected chi connectivity index (χ2v) is 18.8. The average molecular weight is 857 g/mol. The molecule has 0 saturated carbocycles. The molecule has 2 bridgehead atoms. The van der Waals surface area contributed by atoms with Gasteiger partial charge in [-0.05, 0) is 60.6 Å². The van der Waals surface area contributed by atoms with Crippen molar-refractivity contribution in [2.75, 3.05) is 11.5 Å². The first-order chi connectivity index (χ1) is 27.5. The number of hydrogen-bond donors (Lipinski definition) is 5. The molecule has 314 valence electrons. The summed E-state index contributed by atoms with van der Waals surface area (Å²) < 4.78 is 30.3. The minimum Gasteiger partial charge on any atom is -0.456 e. The second kappa shape index (κ2) is 23.6. The minimum atomic E-state index is -3.41. The molecule has 0 unspecified atom stereocenters. The van der Waals surface area contributed by atoms with Crippen LogP contribution in [0, 0.1) is 17.8 Å². The first-order valence-corrected chi connectivity index (χ1v) is 22.9. The fourth-order valence-corrected chi connectivity index (χ4v) is 9.13. The molecule has 2 aromatic carbocycles. The van der Waals surface area contributed by atoms with Gasteiger partial charge in [0.05, 0.1) is 10.6 Å². The molecule has 2 aromatic rings. The molecule has 5 N–H and O–H groups in total. The van der Waals surface area contributed by atoms with Gasteiger partial charge in [0.15, 0.2) is 9.84 Å². The molecule has 0 spiro atoms. The summed E-state index contributed by atoms with van der Waals surface area (Å²) in [5.74, 6) is -3.31. The van der Waals surface area contributed by atoms with Crippen LogP contribution in [0.1, 0.15) is 65.0 Å². The summed E-state index contributed by atoms with van der Waals surface area (Å²) in [6, 6.07) is 13.2. The van der Waals surface area contributed by atoms with Crippen molar-refractivity contribution in [3.05, 3.63) is 95.7 Å². The number of ketones is 1. The van der Waals surface area contributed by atoms with Crippen LogP contribution in [0.5, 0.6) is 0 Å². The van der Waals surface area contributed by atoms with Crippen LogP contribution in [0.4, 0.5) is 0 Å². The molecule has 58 heavy (non-hydrogen) atoms. The van der Waals surface area contributed by atoms with Crippen LogP contribution in [0.15, 0.2) is 89.5 Å². The predicted molar refractivity (Wildman–Crippen MR) is 224 cm³/mol. The van der Waals surface area contributed by atoms with Crippen molar-refractivity contribution in [1.29, 1.82) is 0 Å². The summed E-state index contributed by atoms with van der Waals surface area (Å²) in [6.07, 6.45) is 7.36. The number of carbonyl (C=O) groups excluding carboxylic acids is 6. The van der Waals surface area contributed by atoms with Gasteiger partial charge in [0.25, 0.3) is 11.8 Å².